The quantitative estimate of drug-likeness (QED) is 0.562. The normalized spacial score (nSPS) is 11.1. The van der Waals surface area contributed by atoms with Crippen LogP contribution in [0.15, 0.2) is 57.9 Å². The summed E-state index contributed by atoms with van der Waals surface area (Å²) in [6.45, 7) is 2.00. The summed E-state index contributed by atoms with van der Waals surface area (Å²) in [5.41, 5.74) is 2.02. The Labute approximate surface area is 135 Å². The van der Waals surface area contributed by atoms with Gasteiger partial charge in [0, 0.05) is 16.0 Å². The van der Waals surface area contributed by atoms with E-state index >= 15 is 0 Å². The van der Waals surface area contributed by atoms with Crippen LogP contribution in [0, 0.1) is 6.92 Å². The number of hydrogen-bond acceptors (Lipinski definition) is 5. The molecule has 0 unspecified atom stereocenters. The van der Waals surface area contributed by atoms with E-state index in [-0.39, 0.29) is 0 Å². The van der Waals surface area contributed by atoms with Crippen LogP contribution in [-0.4, -0.2) is 20.2 Å². The second-order valence-corrected chi connectivity index (χ2v) is 6.91. The molecule has 6 heteroatoms. The lowest BCUT2D eigenvalue weighted by Crippen LogP contribution is -1.92. The fourth-order valence-corrected chi connectivity index (χ4v) is 3.80. The number of aryl methyl sites for hydroxylation is 1. The number of aromatic amines is 1. The molecule has 0 spiro atoms. The van der Waals surface area contributed by atoms with Crippen molar-refractivity contribution in [3.05, 3.63) is 53.7 Å². The van der Waals surface area contributed by atoms with Crippen molar-refractivity contribution in [2.45, 2.75) is 16.8 Å². The molecule has 1 N–H and O–H groups in total. The standard InChI is InChI=1S/C16H12N4S2/c1-10-7-15(19-16(18-10)14-3-2-6-21-14)22-12-4-5-13-11(8-12)9-17-20-13/h2-9H,1H3,(H,17,20). The third-order valence-electron chi connectivity index (χ3n) is 3.21. The van der Waals surface area contributed by atoms with Crippen LogP contribution < -0.4 is 0 Å². The van der Waals surface area contributed by atoms with Crippen LogP contribution in [-0.2, 0) is 0 Å². The van der Waals surface area contributed by atoms with E-state index in [1.54, 1.807) is 23.1 Å². The van der Waals surface area contributed by atoms with E-state index in [1.165, 1.54) is 0 Å². The molecular weight excluding hydrogens is 312 g/mol. The Morgan fingerprint density at radius 3 is 2.95 bits per heavy atom. The maximum absolute atomic E-state index is 4.68. The van der Waals surface area contributed by atoms with Crippen molar-refractivity contribution in [2.24, 2.45) is 0 Å². The van der Waals surface area contributed by atoms with E-state index in [9.17, 15) is 0 Å². The number of thiophene rings is 1. The third kappa shape index (κ3) is 2.63. The number of nitrogens with one attached hydrogen (secondary N) is 1. The van der Waals surface area contributed by atoms with Gasteiger partial charge in [0.2, 0.25) is 0 Å². The highest BCUT2D eigenvalue weighted by atomic mass is 32.2. The highest BCUT2D eigenvalue weighted by Crippen LogP contribution is 2.30. The van der Waals surface area contributed by atoms with E-state index in [2.05, 4.69) is 32.3 Å². The van der Waals surface area contributed by atoms with Crippen LogP contribution in [0.2, 0.25) is 0 Å². The van der Waals surface area contributed by atoms with Crippen LogP contribution in [0.5, 0.6) is 0 Å². The van der Waals surface area contributed by atoms with Gasteiger partial charge in [-0.25, -0.2) is 9.97 Å². The summed E-state index contributed by atoms with van der Waals surface area (Å²) >= 11 is 3.30. The molecule has 1 aromatic carbocycles. The Morgan fingerprint density at radius 1 is 1.14 bits per heavy atom. The topological polar surface area (TPSA) is 54.5 Å². The van der Waals surface area contributed by atoms with E-state index in [0.717, 1.165) is 37.2 Å². The number of H-pyrrole nitrogens is 1. The largest absolute Gasteiger partial charge is 0.278 e. The van der Waals surface area contributed by atoms with Gasteiger partial charge in [-0.2, -0.15) is 5.10 Å². The van der Waals surface area contributed by atoms with Gasteiger partial charge in [-0.05, 0) is 42.6 Å². The Hall–Kier alpha value is -2.18. The van der Waals surface area contributed by atoms with Crippen molar-refractivity contribution in [3.63, 3.8) is 0 Å². The average Bonchev–Trinajstić information content (AvgIpc) is 3.18. The van der Waals surface area contributed by atoms with Gasteiger partial charge < -0.3 is 0 Å². The van der Waals surface area contributed by atoms with Gasteiger partial charge in [-0.3, -0.25) is 5.10 Å². The highest BCUT2D eigenvalue weighted by molar-refractivity contribution is 7.99. The van der Waals surface area contributed by atoms with E-state index < -0.39 is 0 Å². The number of hydrogen-bond donors (Lipinski definition) is 1. The van der Waals surface area contributed by atoms with Gasteiger partial charge in [-0.1, -0.05) is 17.8 Å². The number of aromatic nitrogens is 4. The Balaban J connectivity index is 1.70. The smallest absolute Gasteiger partial charge is 0.170 e. The third-order valence-corrected chi connectivity index (χ3v) is 4.98. The van der Waals surface area contributed by atoms with Crippen LogP contribution in [0.4, 0.5) is 0 Å². The van der Waals surface area contributed by atoms with E-state index in [1.807, 2.05) is 42.8 Å². The molecule has 4 rings (SSSR count). The lowest BCUT2D eigenvalue weighted by atomic mass is 10.3. The molecule has 4 nitrogen and oxygen atoms in total. The van der Waals surface area contributed by atoms with E-state index in [0.29, 0.717) is 0 Å². The molecule has 0 aliphatic rings. The van der Waals surface area contributed by atoms with Gasteiger partial charge in [-0.15, -0.1) is 11.3 Å². The second kappa shape index (κ2) is 5.55. The molecule has 0 radical (unpaired) electrons. The number of fused-ring (bicyclic) bond motifs is 1. The number of rotatable bonds is 3. The zero-order chi connectivity index (χ0) is 14.9. The maximum Gasteiger partial charge on any atom is 0.170 e. The van der Waals surface area contributed by atoms with E-state index in [4.69, 9.17) is 0 Å². The van der Waals surface area contributed by atoms with Gasteiger partial charge >= 0.3 is 0 Å². The SMILES string of the molecule is Cc1cc(Sc2ccc3[nH]ncc3c2)nc(-c2cccs2)n1. The Kier molecular flexibility index (Phi) is 3.40. The van der Waals surface area contributed by atoms with Crippen molar-refractivity contribution >= 4 is 34.0 Å². The van der Waals surface area contributed by atoms with Crippen LogP contribution >= 0.6 is 23.1 Å². The zero-order valence-electron chi connectivity index (χ0n) is 11.8. The van der Waals surface area contributed by atoms with Crippen molar-refractivity contribution in [2.75, 3.05) is 0 Å². The monoisotopic (exact) mass is 324 g/mol. The number of nitrogens with zero attached hydrogens (tertiary/aromatic N) is 3. The Morgan fingerprint density at radius 2 is 2.09 bits per heavy atom. The molecule has 108 valence electrons. The van der Waals surface area contributed by atoms with Crippen LogP contribution in [0.1, 0.15) is 5.69 Å². The minimum atomic E-state index is 0.793. The molecule has 0 saturated heterocycles. The summed E-state index contributed by atoms with van der Waals surface area (Å²) in [6.07, 6.45) is 1.84. The lowest BCUT2D eigenvalue weighted by Gasteiger charge is -2.05. The highest BCUT2D eigenvalue weighted by Gasteiger charge is 2.08. The molecule has 0 bridgehead atoms. The van der Waals surface area contributed by atoms with Crippen molar-refractivity contribution in [1.82, 2.24) is 20.2 Å². The maximum atomic E-state index is 4.68. The zero-order valence-corrected chi connectivity index (χ0v) is 13.4. The predicted octanol–water partition coefficient (Wildman–Crippen LogP) is 4.54. The van der Waals surface area contributed by atoms with Crippen molar-refractivity contribution < 1.29 is 0 Å². The summed E-state index contributed by atoms with van der Waals surface area (Å²) in [4.78, 5) is 11.4. The molecule has 0 aliphatic heterocycles. The molecule has 0 atom stereocenters. The molecule has 3 aromatic heterocycles. The fourth-order valence-electron chi connectivity index (χ4n) is 2.21. The average molecular weight is 324 g/mol. The van der Waals surface area contributed by atoms with Crippen LogP contribution in [0.25, 0.3) is 21.6 Å². The molecule has 0 saturated carbocycles. The minimum Gasteiger partial charge on any atom is -0.278 e. The van der Waals surface area contributed by atoms with Gasteiger partial charge in [0.1, 0.15) is 5.03 Å². The predicted molar refractivity (Wildman–Crippen MR) is 90.3 cm³/mol. The molecule has 4 aromatic rings. The summed E-state index contributed by atoms with van der Waals surface area (Å²) in [5, 5.41) is 11.1. The van der Waals surface area contributed by atoms with Crippen molar-refractivity contribution in [1.29, 1.82) is 0 Å². The number of benzene rings is 1. The first-order valence-corrected chi connectivity index (χ1v) is 8.48. The molecule has 3 heterocycles. The first-order valence-electron chi connectivity index (χ1n) is 6.78. The van der Waals surface area contributed by atoms with Gasteiger partial charge in [0.15, 0.2) is 5.82 Å². The molecular formula is C16H12N4S2. The summed E-state index contributed by atoms with van der Waals surface area (Å²) in [5.74, 6) is 0.793. The first-order chi connectivity index (χ1) is 10.8. The first kappa shape index (κ1) is 13.5. The summed E-state index contributed by atoms with van der Waals surface area (Å²) in [6, 6.07) is 12.3. The second-order valence-electron chi connectivity index (χ2n) is 4.87. The summed E-state index contributed by atoms with van der Waals surface area (Å²) in [7, 11) is 0. The molecule has 22 heavy (non-hydrogen) atoms. The molecule has 0 amide bonds. The lowest BCUT2D eigenvalue weighted by molar-refractivity contribution is 1.02. The summed E-state index contributed by atoms with van der Waals surface area (Å²) < 4.78 is 0. The molecule has 0 fully saturated rings. The molecule has 0 aliphatic carbocycles. The van der Waals surface area contributed by atoms with Crippen LogP contribution in [0.3, 0.4) is 0 Å². The Bertz CT molecular complexity index is 928. The fraction of sp³-hybridized carbons (Fsp3) is 0.0625. The minimum absolute atomic E-state index is 0.793. The van der Waals surface area contributed by atoms with Gasteiger partial charge in [0.25, 0.3) is 0 Å². The van der Waals surface area contributed by atoms with Crippen molar-refractivity contribution in [3.8, 4) is 10.7 Å². The van der Waals surface area contributed by atoms with Gasteiger partial charge in [0.05, 0.1) is 16.6 Å².